The van der Waals surface area contributed by atoms with Crippen LogP contribution in [0.15, 0.2) is 48.8 Å². The van der Waals surface area contributed by atoms with Gasteiger partial charge in [-0.15, -0.1) is 0 Å². The first-order chi connectivity index (χ1) is 13.9. The Morgan fingerprint density at radius 2 is 2.00 bits per heavy atom. The van der Waals surface area contributed by atoms with Crippen molar-refractivity contribution in [3.8, 4) is 6.01 Å². The van der Waals surface area contributed by atoms with Gasteiger partial charge in [-0.1, -0.05) is 59.1 Å². The number of epoxide rings is 1. The molecule has 29 heavy (non-hydrogen) atoms. The number of aromatic nitrogens is 3. The van der Waals surface area contributed by atoms with Gasteiger partial charge in [-0.2, -0.15) is 10.1 Å². The molecule has 0 bridgehead atoms. The summed E-state index contributed by atoms with van der Waals surface area (Å²) in [6, 6.07) is 12.9. The summed E-state index contributed by atoms with van der Waals surface area (Å²) in [4.78, 5) is 4.09. The third kappa shape index (κ3) is 3.93. The summed E-state index contributed by atoms with van der Waals surface area (Å²) in [5.41, 5.74) is 0.774. The molecule has 2 aromatic carbocycles. The smallest absolute Gasteiger partial charge is 0.360 e. The van der Waals surface area contributed by atoms with E-state index in [-0.39, 0.29) is 23.9 Å². The second-order valence-corrected chi connectivity index (χ2v) is 7.87. The minimum atomic E-state index is -0.823. The zero-order valence-corrected chi connectivity index (χ0v) is 18.1. The lowest BCUT2D eigenvalue weighted by atomic mass is 9.91. The predicted molar refractivity (Wildman–Crippen MR) is 114 cm³/mol. The molecule has 1 fully saturated rings. The van der Waals surface area contributed by atoms with Gasteiger partial charge in [0.2, 0.25) is 0 Å². The van der Waals surface area contributed by atoms with Gasteiger partial charge in [-0.25, -0.2) is 4.68 Å². The van der Waals surface area contributed by atoms with Crippen LogP contribution in [0.25, 0.3) is 0 Å². The number of thiocarbonyl (C=S) groups is 1. The van der Waals surface area contributed by atoms with Crippen molar-refractivity contribution in [1.82, 2.24) is 14.8 Å². The van der Waals surface area contributed by atoms with Crippen LogP contribution in [0.3, 0.4) is 0 Å². The molecular weight excluding hydrogens is 457 g/mol. The summed E-state index contributed by atoms with van der Waals surface area (Å²) in [7, 11) is 1.41. The number of hydrogen-bond donors (Lipinski definition) is 0. The van der Waals surface area contributed by atoms with E-state index in [2.05, 4.69) is 10.1 Å². The first-order valence-electron chi connectivity index (χ1n) is 8.46. The van der Waals surface area contributed by atoms with Crippen molar-refractivity contribution in [3.63, 3.8) is 0 Å². The van der Waals surface area contributed by atoms with Gasteiger partial charge >= 0.3 is 11.2 Å². The lowest BCUT2D eigenvalue weighted by Gasteiger charge is -2.17. The summed E-state index contributed by atoms with van der Waals surface area (Å²) < 4.78 is 18.1. The second-order valence-electron chi connectivity index (χ2n) is 6.29. The first-order valence-corrected chi connectivity index (χ1v) is 10.00. The number of halogens is 3. The third-order valence-corrected chi connectivity index (χ3v) is 5.72. The van der Waals surface area contributed by atoms with Gasteiger partial charge in [0.15, 0.2) is 0 Å². The fourth-order valence-electron chi connectivity index (χ4n) is 3.20. The molecule has 3 aromatic rings. The van der Waals surface area contributed by atoms with Crippen LogP contribution in [-0.4, -0.2) is 27.1 Å². The van der Waals surface area contributed by atoms with E-state index >= 15 is 0 Å². The van der Waals surface area contributed by atoms with Gasteiger partial charge in [0, 0.05) is 38.4 Å². The minimum absolute atomic E-state index is 0.0694. The van der Waals surface area contributed by atoms with Crippen molar-refractivity contribution < 1.29 is 14.2 Å². The van der Waals surface area contributed by atoms with Crippen molar-refractivity contribution in [2.24, 2.45) is 0 Å². The van der Waals surface area contributed by atoms with Crippen LogP contribution in [0.4, 0.5) is 0 Å². The Balaban J connectivity index is 1.74. The summed E-state index contributed by atoms with van der Waals surface area (Å²) in [6.45, 7) is 0.266. The molecule has 0 radical (unpaired) electrons. The van der Waals surface area contributed by atoms with Gasteiger partial charge in [0.05, 0.1) is 13.7 Å². The van der Waals surface area contributed by atoms with Crippen molar-refractivity contribution in [1.29, 1.82) is 0 Å². The Labute approximate surface area is 187 Å². The Hall–Kier alpha value is -1.90. The fourth-order valence-corrected chi connectivity index (χ4v) is 4.08. The molecule has 1 aromatic heterocycles. The van der Waals surface area contributed by atoms with E-state index in [1.807, 2.05) is 24.3 Å². The molecule has 0 saturated carbocycles. The highest BCUT2D eigenvalue weighted by molar-refractivity contribution is 7.79. The number of ether oxygens (including phenoxy) is 3. The zero-order valence-electron chi connectivity index (χ0n) is 15.0. The lowest BCUT2D eigenvalue weighted by molar-refractivity contribution is 0.245. The van der Waals surface area contributed by atoms with Crippen LogP contribution in [0, 0.1) is 0 Å². The van der Waals surface area contributed by atoms with E-state index in [9.17, 15) is 0 Å². The largest absolute Gasteiger partial charge is 0.460 e. The summed E-state index contributed by atoms with van der Waals surface area (Å²) in [5.74, 6) is 0. The van der Waals surface area contributed by atoms with Gasteiger partial charge in [-0.3, -0.25) is 0 Å². The molecule has 2 heterocycles. The summed E-state index contributed by atoms with van der Waals surface area (Å²) in [5, 5.41) is 5.78. The third-order valence-electron chi connectivity index (χ3n) is 4.58. The maximum Gasteiger partial charge on any atom is 0.360 e. The zero-order chi connectivity index (χ0) is 20.6. The van der Waals surface area contributed by atoms with Crippen LogP contribution in [0.2, 0.25) is 15.1 Å². The summed E-state index contributed by atoms with van der Waals surface area (Å²) in [6.07, 6.45) is 0.999. The van der Waals surface area contributed by atoms with E-state index in [0.717, 1.165) is 11.1 Å². The number of benzene rings is 2. The quantitative estimate of drug-likeness (QED) is 0.376. The minimum Gasteiger partial charge on any atom is -0.460 e. The molecular formula is C19H14Cl3N3O3S. The number of methoxy groups -OCH3 is 1. The first kappa shape index (κ1) is 20.4. The van der Waals surface area contributed by atoms with Gasteiger partial charge in [0.1, 0.15) is 18.0 Å². The maximum absolute atomic E-state index is 6.50. The van der Waals surface area contributed by atoms with Gasteiger partial charge in [-0.05, 0) is 18.2 Å². The Bertz CT molecular complexity index is 1080. The molecule has 0 amide bonds. The Morgan fingerprint density at radius 3 is 2.72 bits per heavy atom. The molecule has 1 unspecified atom stereocenters. The molecule has 0 N–H and O–H groups in total. The van der Waals surface area contributed by atoms with Crippen molar-refractivity contribution in [2.75, 3.05) is 7.11 Å². The molecule has 10 heteroatoms. The summed E-state index contributed by atoms with van der Waals surface area (Å²) >= 11 is 23.9. The maximum atomic E-state index is 6.50. The number of rotatable bonds is 5. The van der Waals surface area contributed by atoms with Crippen LogP contribution in [0.1, 0.15) is 17.2 Å². The average molecular weight is 471 g/mol. The molecule has 2 atom stereocenters. The average Bonchev–Trinajstić information content (AvgIpc) is 3.24. The monoisotopic (exact) mass is 469 g/mol. The molecule has 0 aliphatic carbocycles. The van der Waals surface area contributed by atoms with E-state index in [0.29, 0.717) is 15.1 Å². The van der Waals surface area contributed by atoms with Crippen LogP contribution >= 0.6 is 47.0 Å². The van der Waals surface area contributed by atoms with Crippen molar-refractivity contribution in [2.45, 2.75) is 18.2 Å². The second kappa shape index (κ2) is 8.08. The fraction of sp³-hybridized carbons (Fsp3) is 0.211. The van der Waals surface area contributed by atoms with E-state index in [1.165, 1.54) is 13.4 Å². The molecule has 150 valence electrons. The molecule has 6 nitrogen and oxygen atoms in total. The van der Waals surface area contributed by atoms with Crippen molar-refractivity contribution in [3.05, 3.63) is 75.0 Å². The molecule has 1 saturated heterocycles. The topological polar surface area (TPSA) is 61.7 Å². The van der Waals surface area contributed by atoms with Gasteiger partial charge < -0.3 is 14.2 Å². The highest BCUT2D eigenvalue weighted by Crippen LogP contribution is 2.60. The predicted octanol–water partition coefficient (Wildman–Crippen LogP) is 5.22. The van der Waals surface area contributed by atoms with Crippen LogP contribution in [0.5, 0.6) is 6.01 Å². The van der Waals surface area contributed by atoms with Crippen LogP contribution < -0.4 is 4.74 Å². The standard InChI is InChI=1S/C19H14Cl3N3O3S/c1-26-18(29)27-17-23-10-24-25(17)9-19(13-4-2-3-5-14(13)21)16(28-19)12-7-6-11(20)8-15(12)22/h2-8,10,16H,9H2,1H3/t16?,19-/m1/s1. The Morgan fingerprint density at radius 1 is 1.21 bits per heavy atom. The SMILES string of the molecule is COC(=S)Oc1ncnn1C[C@]1(c2ccccc2Cl)OC1c1ccc(Cl)cc1Cl. The van der Waals surface area contributed by atoms with E-state index < -0.39 is 5.60 Å². The molecule has 1 aliphatic rings. The number of hydrogen-bond acceptors (Lipinski definition) is 6. The van der Waals surface area contributed by atoms with E-state index in [1.54, 1.807) is 22.9 Å². The highest BCUT2D eigenvalue weighted by Gasteiger charge is 2.60. The normalized spacial score (nSPS) is 20.3. The Kier molecular flexibility index (Phi) is 5.68. The van der Waals surface area contributed by atoms with Gasteiger partial charge in [0.25, 0.3) is 0 Å². The van der Waals surface area contributed by atoms with Crippen molar-refractivity contribution >= 4 is 52.3 Å². The van der Waals surface area contributed by atoms with E-state index in [4.69, 9.17) is 61.2 Å². The molecule has 0 spiro atoms. The number of nitrogens with zero attached hydrogens (tertiary/aromatic N) is 3. The molecule has 4 rings (SSSR count). The molecule has 1 aliphatic heterocycles. The lowest BCUT2D eigenvalue weighted by Crippen LogP contribution is -2.22. The van der Waals surface area contributed by atoms with Crippen LogP contribution in [-0.2, 0) is 21.6 Å². The highest BCUT2D eigenvalue weighted by atomic mass is 35.5.